The van der Waals surface area contributed by atoms with E-state index < -0.39 is 17.7 Å². The van der Waals surface area contributed by atoms with Gasteiger partial charge in [-0.1, -0.05) is 54.6 Å². The van der Waals surface area contributed by atoms with Crippen LogP contribution in [0.2, 0.25) is 10.0 Å². The Bertz CT molecular complexity index is 1110. The summed E-state index contributed by atoms with van der Waals surface area (Å²) in [5.74, 6) is -1.04. The van der Waals surface area contributed by atoms with Crippen LogP contribution in [0.15, 0.2) is 42.0 Å². The number of benzene rings is 2. The maximum atomic E-state index is 13.3. The standard InChI is InChI=1S/C25H25Cl2NO5/c1-32-19-13-20(33-2)18(27)12-17(19)23(29)21-22(14-8-10-15(26)11-9-14)28(25(31)24(21)30)16-6-4-3-5-7-16/h8-13,16,22,29H,3-7H2,1-2H3/b23-21+. The Kier molecular flexibility index (Phi) is 6.86. The number of ether oxygens (including phenoxy) is 2. The molecule has 1 saturated carbocycles. The number of carbonyl (C=O) groups is 2. The number of Topliss-reactive ketones (excluding diaryl/α,β-unsaturated/α-hetero) is 1. The van der Waals surface area contributed by atoms with E-state index in [9.17, 15) is 14.7 Å². The first-order valence-corrected chi connectivity index (χ1v) is 11.6. The molecule has 1 heterocycles. The highest BCUT2D eigenvalue weighted by Gasteiger charge is 2.49. The third-order valence-electron chi connectivity index (χ3n) is 6.36. The van der Waals surface area contributed by atoms with Gasteiger partial charge in [-0.3, -0.25) is 9.59 Å². The van der Waals surface area contributed by atoms with Gasteiger partial charge in [0, 0.05) is 17.1 Å². The summed E-state index contributed by atoms with van der Waals surface area (Å²) in [6.07, 6.45) is 4.71. The minimum Gasteiger partial charge on any atom is -0.507 e. The van der Waals surface area contributed by atoms with Gasteiger partial charge >= 0.3 is 0 Å². The van der Waals surface area contributed by atoms with Crippen LogP contribution >= 0.6 is 23.2 Å². The summed E-state index contributed by atoms with van der Waals surface area (Å²) in [6, 6.07) is 9.16. The van der Waals surface area contributed by atoms with Crippen LogP contribution in [0.1, 0.15) is 49.3 Å². The van der Waals surface area contributed by atoms with Crippen molar-refractivity contribution in [2.45, 2.75) is 44.2 Å². The first kappa shape index (κ1) is 23.5. The lowest BCUT2D eigenvalue weighted by Crippen LogP contribution is -2.40. The molecule has 0 aromatic heterocycles. The van der Waals surface area contributed by atoms with E-state index in [4.69, 9.17) is 32.7 Å². The number of rotatable bonds is 5. The molecule has 2 aromatic rings. The Labute approximate surface area is 202 Å². The van der Waals surface area contributed by atoms with Gasteiger partial charge in [0.05, 0.1) is 36.4 Å². The maximum Gasteiger partial charge on any atom is 0.295 e. The summed E-state index contributed by atoms with van der Waals surface area (Å²) in [5.41, 5.74) is 0.917. The smallest absolute Gasteiger partial charge is 0.295 e. The number of hydrogen-bond donors (Lipinski definition) is 1. The highest BCUT2D eigenvalue weighted by Crippen LogP contribution is 2.45. The molecular formula is C25H25Cl2NO5. The van der Waals surface area contributed by atoms with Crippen LogP contribution < -0.4 is 9.47 Å². The van der Waals surface area contributed by atoms with Crippen molar-refractivity contribution in [1.29, 1.82) is 0 Å². The molecule has 6 nitrogen and oxygen atoms in total. The predicted octanol–water partition coefficient (Wildman–Crippen LogP) is 5.77. The number of methoxy groups -OCH3 is 2. The van der Waals surface area contributed by atoms with Gasteiger partial charge in [-0.25, -0.2) is 0 Å². The Morgan fingerprint density at radius 3 is 2.21 bits per heavy atom. The number of amides is 1. The fraction of sp³-hybridized carbons (Fsp3) is 0.360. The molecule has 0 spiro atoms. The van der Waals surface area contributed by atoms with Crippen molar-refractivity contribution in [3.8, 4) is 11.5 Å². The Morgan fingerprint density at radius 2 is 1.61 bits per heavy atom. The molecule has 2 aromatic carbocycles. The second-order valence-corrected chi connectivity index (χ2v) is 9.08. The number of aliphatic hydroxyl groups excluding tert-OH is 1. The average Bonchev–Trinajstić information content (AvgIpc) is 3.10. The topological polar surface area (TPSA) is 76.1 Å². The average molecular weight is 490 g/mol. The van der Waals surface area contributed by atoms with Gasteiger partial charge in [-0.05, 0) is 36.6 Å². The first-order chi connectivity index (χ1) is 15.9. The van der Waals surface area contributed by atoms with E-state index in [0.717, 1.165) is 32.1 Å². The molecule has 1 atom stereocenters. The number of nitrogens with zero attached hydrogens (tertiary/aromatic N) is 1. The molecule has 1 saturated heterocycles. The van der Waals surface area contributed by atoms with E-state index >= 15 is 0 Å². The molecule has 2 fully saturated rings. The van der Waals surface area contributed by atoms with Crippen LogP contribution in [0.4, 0.5) is 0 Å². The lowest BCUT2D eigenvalue weighted by molar-refractivity contribution is -0.141. The molecule has 1 unspecified atom stereocenters. The van der Waals surface area contributed by atoms with E-state index in [1.807, 2.05) is 0 Å². The van der Waals surface area contributed by atoms with Gasteiger partial charge in [0.25, 0.3) is 11.7 Å². The zero-order valence-corrected chi connectivity index (χ0v) is 19.9. The van der Waals surface area contributed by atoms with Crippen LogP contribution in [-0.4, -0.2) is 42.0 Å². The van der Waals surface area contributed by atoms with Crippen molar-refractivity contribution in [2.75, 3.05) is 14.2 Å². The van der Waals surface area contributed by atoms with Crippen LogP contribution in [-0.2, 0) is 9.59 Å². The second-order valence-electron chi connectivity index (χ2n) is 8.24. The van der Waals surface area contributed by atoms with Crippen molar-refractivity contribution in [1.82, 2.24) is 4.90 Å². The molecule has 174 valence electrons. The number of likely N-dealkylation sites (tertiary alicyclic amines) is 1. The quantitative estimate of drug-likeness (QED) is 0.328. The number of hydrogen-bond acceptors (Lipinski definition) is 5. The van der Waals surface area contributed by atoms with Gasteiger partial charge in [0.15, 0.2) is 0 Å². The maximum absolute atomic E-state index is 13.3. The summed E-state index contributed by atoms with van der Waals surface area (Å²) in [5, 5.41) is 12.2. The second kappa shape index (κ2) is 9.65. The highest BCUT2D eigenvalue weighted by atomic mass is 35.5. The van der Waals surface area contributed by atoms with E-state index in [-0.39, 0.29) is 33.7 Å². The van der Waals surface area contributed by atoms with Gasteiger partial charge in [0.2, 0.25) is 0 Å². The van der Waals surface area contributed by atoms with Gasteiger partial charge in [-0.2, -0.15) is 0 Å². The first-order valence-electron chi connectivity index (χ1n) is 10.8. The Morgan fingerprint density at radius 1 is 0.970 bits per heavy atom. The van der Waals surface area contributed by atoms with Crippen molar-refractivity contribution in [3.63, 3.8) is 0 Å². The summed E-state index contributed by atoms with van der Waals surface area (Å²) < 4.78 is 10.7. The van der Waals surface area contributed by atoms with Crippen LogP contribution in [0.25, 0.3) is 5.76 Å². The number of halogens is 2. The normalized spacial score (nSPS) is 20.8. The summed E-state index contributed by atoms with van der Waals surface area (Å²) in [4.78, 5) is 28.2. The summed E-state index contributed by atoms with van der Waals surface area (Å²) >= 11 is 12.4. The fourth-order valence-electron chi connectivity index (χ4n) is 4.75. The Hall–Kier alpha value is -2.70. The fourth-order valence-corrected chi connectivity index (χ4v) is 5.12. The lowest BCUT2D eigenvalue weighted by Gasteiger charge is -2.35. The zero-order valence-electron chi connectivity index (χ0n) is 18.4. The van der Waals surface area contributed by atoms with Crippen molar-refractivity contribution < 1.29 is 24.2 Å². The van der Waals surface area contributed by atoms with Crippen LogP contribution in [0.5, 0.6) is 11.5 Å². The van der Waals surface area contributed by atoms with E-state index in [2.05, 4.69) is 0 Å². The van der Waals surface area contributed by atoms with Crippen molar-refractivity contribution >= 4 is 40.7 Å². The van der Waals surface area contributed by atoms with E-state index in [1.54, 1.807) is 29.2 Å². The minimum atomic E-state index is -0.740. The highest BCUT2D eigenvalue weighted by molar-refractivity contribution is 6.46. The van der Waals surface area contributed by atoms with Crippen molar-refractivity contribution in [2.24, 2.45) is 0 Å². The summed E-state index contributed by atoms with van der Waals surface area (Å²) in [7, 11) is 2.91. The molecule has 1 N–H and O–H groups in total. The molecule has 1 amide bonds. The molecule has 8 heteroatoms. The molecule has 1 aliphatic heterocycles. The van der Waals surface area contributed by atoms with E-state index in [1.165, 1.54) is 26.4 Å². The number of aliphatic hydroxyl groups is 1. The van der Waals surface area contributed by atoms with Gasteiger partial charge in [-0.15, -0.1) is 0 Å². The van der Waals surface area contributed by atoms with Crippen LogP contribution in [0.3, 0.4) is 0 Å². The molecule has 4 rings (SSSR count). The molecular weight excluding hydrogens is 465 g/mol. The number of carbonyl (C=O) groups excluding carboxylic acids is 2. The van der Waals surface area contributed by atoms with Crippen molar-refractivity contribution in [3.05, 3.63) is 63.1 Å². The predicted molar refractivity (Wildman–Crippen MR) is 127 cm³/mol. The third kappa shape index (κ3) is 4.30. The monoisotopic (exact) mass is 489 g/mol. The molecule has 0 radical (unpaired) electrons. The van der Waals surface area contributed by atoms with Crippen LogP contribution in [0, 0.1) is 0 Å². The zero-order chi connectivity index (χ0) is 23.7. The minimum absolute atomic E-state index is 0.00688. The molecule has 0 bridgehead atoms. The molecule has 33 heavy (non-hydrogen) atoms. The largest absolute Gasteiger partial charge is 0.507 e. The molecule has 2 aliphatic rings. The lowest BCUT2D eigenvalue weighted by atomic mass is 9.91. The third-order valence-corrected chi connectivity index (χ3v) is 6.91. The SMILES string of the molecule is COc1cc(OC)c(/C(O)=C2\C(=O)C(=O)N(C3CCCCC3)C2c2ccc(Cl)cc2)cc1Cl. The van der Waals surface area contributed by atoms with Gasteiger partial charge in [0.1, 0.15) is 17.3 Å². The van der Waals surface area contributed by atoms with E-state index in [0.29, 0.717) is 16.3 Å². The van der Waals surface area contributed by atoms with Gasteiger partial charge < -0.3 is 19.5 Å². The molecule has 1 aliphatic carbocycles. The Balaban J connectivity index is 1.92. The number of ketones is 1. The summed E-state index contributed by atoms with van der Waals surface area (Å²) in [6.45, 7) is 0.